The minimum atomic E-state index is -0.546. The topological polar surface area (TPSA) is 38.3 Å². The molecular formula is C18H20ClNO2. The second-order valence-electron chi connectivity index (χ2n) is 5.20. The maximum Gasteiger partial charge on any atom is 0.260 e. The Balaban J connectivity index is 1.82. The van der Waals surface area contributed by atoms with Gasteiger partial charge in [0.25, 0.3) is 5.91 Å². The quantitative estimate of drug-likeness (QED) is 0.880. The van der Waals surface area contributed by atoms with Gasteiger partial charge in [-0.2, -0.15) is 0 Å². The van der Waals surface area contributed by atoms with E-state index in [-0.39, 0.29) is 5.91 Å². The first-order chi connectivity index (χ1) is 10.6. The first-order valence-electron chi connectivity index (χ1n) is 7.30. The van der Waals surface area contributed by atoms with Crippen molar-refractivity contribution in [3.05, 3.63) is 64.7 Å². The molecule has 1 atom stereocenters. The first kappa shape index (κ1) is 16.4. The molecule has 0 radical (unpaired) electrons. The molecule has 22 heavy (non-hydrogen) atoms. The molecule has 1 N–H and O–H groups in total. The van der Waals surface area contributed by atoms with Crippen molar-refractivity contribution in [1.29, 1.82) is 0 Å². The van der Waals surface area contributed by atoms with E-state index >= 15 is 0 Å². The largest absolute Gasteiger partial charge is 0.481 e. The predicted molar refractivity (Wildman–Crippen MR) is 89.4 cm³/mol. The fourth-order valence-corrected chi connectivity index (χ4v) is 2.33. The molecule has 0 heterocycles. The molecule has 0 aliphatic rings. The first-order valence-corrected chi connectivity index (χ1v) is 7.68. The third kappa shape index (κ3) is 4.78. The highest BCUT2D eigenvalue weighted by molar-refractivity contribution is 6.30. The standard InChI is InChI=1S/C18H20ClNO2/c1-13-12-16(19)8-9-17(13)22-14(2)18(21)20-11-10-15-6-4-3-5-7-15/h3-9,12,14H,10-11H2,1-2H3,(H,20,21). The molecule has 2 rings (SSSR count). The van der Waals surface area contributed by atoms with Gasteiger partial charge in [-0.15, -0.1) is 0 Å². The highest BCUT2D eigenvalue weighted by Crippen LogP contribution is 2.22. The lowest BCUT2D eigenvalue weighted by Gasteiger charge is -2.16. The zero-order valence-electron chi connectivity index (χ0n) is 12.8. The van der Waals surface area contributed by atoms with Crippen molar-refractivity contribution in [2.24, 2.45) is 0 Å². The van der Waals surface area contributed by atoms with E-state index in [0.29, 0.717) is 17.3 Å². The molecule has 0 saturated carbocycles. The van der Waals surface area contributed by atoms with E-state index in [9.17, 15) is 4.79 Å². The van der Waals surface area contributed by atoms with Crippen molar-refractivity contribution >= 4 is 17.5 Å². The van der Waals surface area contributed by atoms with Gasteiger partial charge in [0, 0.05) is 11.6 Å². The van der Waals surface area contributed by atoms with Crippen LogP contribution in [0.3, 0.4) is 0 Å². The number of hydrogen-bond acceptors (Lipinski definition) is 2. The fraction of sp³-hybridized carbons (Fsp3) is 0.278. The molecule has 0 fully saturated rings. The van der Waals surface area contributed by atoms with Crippen LogP contribution in [0.5, 0.6) is 5.75 Å². The Morgan fingerprint density at radius 2 is 1.95 bits per heavy atom. The molecule has 0 aliphatic heterocycles. The van der Waals surface area contributed by atoms with Gasteiger partial charge in [-0.1, -0.05) is 41.9 Å². The molecule has 0 bridgehead atoms. The normalized spacial score (nSPS) is 11.8. The predicted octanol–water partition coefficient (Wildman–Crippen LogP) is 3.77. The summed E-state index contributed by atoms with van der Waals surface area (Å²) in [6, 6.07) is 15.4. The minimum Gasteiger partial charge on any atom is -0.481 e. The summed E-state index contributed by atoms with van der Waals surface area (Å²) in [6.45, 7) is 4.24. The van der Waals surface area contributed by atoms with Crippen LogP contribution in [0.25, 0.3) is 0 Å². The third-order valence-electron chi connectivity index (χ3n) is 3.37. The number of carbonyl (C=O) groups excluding carboxylic acids is 1. The van der Waals surface area contributed by atoms with Crippen molar-refractivity contribution in [1.82, 2.24) is 5.32 Å². The summed E-state index contributed by atoms with van der Waals surface area (Å²) < 4.78 is 5.69. The van der Waals surface area contributed by atoms with E-state index in [1.54, 1.807) is 19.1 Å². The van der Waals surface area contributed by atoms with Gasteiger partial charge in [0.15, 0.2) is 6.10 Å². The van der Waals surface area contributed by atoms with Gasteiger partial charge in [-0.3, -0.25) is 4.79 Å². The minimum absolute atomic E-state index is 0.120. The molecule has 0 aromatic heterocycles. The highest BCUT2D eigenvalue weighted by Gasteiger charge is 2.15. The van der Waals surface area contributed by atoms with E-state index in [0.717, 1.165) is 12.0 Å². The van der Waals surface area contributed by atoms with Gasteiger partial charge in [0.2, 0.25) is 0 Å². The van der Waals surface area contributed by atoms with E-state index in [1.165, 1.54) is 5.56 Å². The van der Waals surface area contributed by atoms with Crippen molar-refractivity contribution in [3.63, 3.8) is 0 Å². The summed E-state index contributed by atoms with van der Waals surface area (Å²) in [4.78, 5) is 12.1. The molecule has 1 amide bonds. The zero-order chi connectivity index (χ0) is 15.9. The number of hydrogen-bond donors (Lipinski definition) is 1. The number of nitrogens with one attached hydrogen (secondary N) is 1. The van der Waals surface area contributed by atoms with E-state index < -0.39 is 6.10 Å². The smallest absolute Gasteiger partial charge is 0.260 e. The summed E-state index contributed by atoms with van der Waals surface area (Å²) in [6.07, 6.45) is 0.259. The lowest BCUT2D eigenvalue weighted by Crippen LogP contribution is -2.37. The van der Waals surface area contributed by atoms with Gasteiger partial charge < -0.3 is 10.1 Å². The Labute approximate surface area is 136 Å². The molecule has 1 unspecified atom stereocenters. The maximum atomic E-state index is 12.1. The average Bonchev–Trinajstić information content (AvgIpc) is 2.51. The van der Waals surface area contributed by atoms with Gasteiger partial charge >= 0.3 is 0 Å². The summed E-state index contributed by atoms with van der Waals surface area (Å²) >= 11 is 5.91. The zero-order valence-corrected chi connectivity index (χ0v) is 13.6. The highest BCUT2D eigenvalue weighted by atomic mass is 35.5. The second-order valence-corrected chi connectivity index (χ2v) is 5.63. The summed E-state index contributed by atoms with van der Waals surface area (Å²) in [7, 11) is 0. The van der Waals surface area contributed by atoms with Crippen LogP contribution in [0, 0.1) is 6.92 Å². The van der Waals surface area contributed by atoms with E-state index in [4.69, 9.17) is 16.3 Å². The van der Waals surface area contributed by atoms with Crippen LogP contribution in [0.1, 0.15) is 18.1 Å². The van der Waals surface area contributed by atoms with Gasteiger partial charge in [-0.05, 0) is 49.6 Å². The lowest BCUT2D eigenvalue weighted by atomic mass is 10.1. The Morgan fingerprint density at radius 1 is 1.23 bits per heavy atom. The summed E-state index contributed by atoms with van der Waals surface area (Å²) in [5.74, 6) is 0.556. The number of rotatable bonds is 6. The number of halogens is 1. The van der Waals surface area contributed by atoms with Crippen LogP contribution in [0.2, 0.25) is 5.02 Å². The second kappa shape index (κ2) is 7.85. The summed E-state index contributed by atoms with van der Waals surface area (Å²) in [5.41, 5.74) is 2.11. The number of ether oxygens (including phenoxy) is 1. The van der Waals surface area contributed by atoms with Crippen molar-refractivity contribution < 1.29 is 9.53 Å². The molecule has 4 heteroatoms. The van der Waals surface area contributed by atoms with Gasteiger partial charge in [-0.25, -0.2) is 0 Å². The number of aryl methyl sites for hydroxylation is 1. The molecule has 116 valence electrons. The average molecular weight is 318 g/mol. The van der Waals surface area contributed by atoms with Crippen molar-refractivity contribution in [2.45, 2.75) is 26.4 Å². The number of amides is 1. The third-order valence-corrected chi connectivity index (χ3v) is 3.60. The van der Waals surface area contributed by atoms with Crippen LogP contribution in [0.15, 0.2) is 48.5 Å². The van der Waals surface area contributed by atoms with E-state index in [1.807, 2.05) is 43.3 Å². The van der Waals surface area contributed by atoms with Gasteiger partial charge in [0.1, 0.15) is 5.75 Å². The van der Waals surface area contributed by atoms with Gasteiger partial charge in [0.05, 0.1) is 0 Å². The molecule has 0 saturated heterocycles. The molecule has 0 aliphatic carbocycles. The molecule has 2 aromatic carbocycles. The summed E-state index contributed by atoms with van der Waals surface area (Å²) in [5, 5.41) is 3.55. The number of benzene rings is 2. The van der Waals surface area contributed by atoms with Crippen LogP contribution in [-0.4, -0.2) is 18.6 Å². The fourth-order valence-electron chi connectivity index (χ4n) is 2.11. The number of carbonyl (C=O) groups is 1. The molecule has 2 aromatic rings. The van der Waals surface area contributed by atoms with Crippen LogP contribution >= 0.6 is 11.6 Å². The molecule has 0 spiro atoms. The lowest BCUT2D eigenvalue weighted by molar-refractivity contribution is -0.127. The Morgan fingerprint density at radius 3 is 2.64 bits per heavy atom. The monoisotopic (exact) mass is 317 g/mol. The maximum absolute atomic E-state index is 12.1. The van der Waals surface area contributed by atoms with Crippen LogP contribution in [0.4, 0.5) is 0 Å². The van der Waals surface area contributed by atoms with Crippen molar-refractivity contribution in [2.75, 3.05) is 6.54 Å². The van der Waals surface area contributed by atoms with Crippen LogP contribution in [-0.2, 0) is 11.2 Å². The van der Waals surface area contributed by atoms with E-state index in [2.05, 4.69) is 5.32 Å². The Hall–Kier alpha value is -2.00. The Bertz CT molecular complexity index is 628. The van der Waals surface area contributed by atoms with Crippen LogP contribution < -0.4 is 10.1 Å². The molecular weight excluding hydrogens is 298 g/mol. The Kier molecular flexibility index (Phi) is 5.84. The van der Waals surface area contributed by atoms with Crippen molar-refractivity contribution in [3.8, 4) is 5.75 Å². The molecule has 3 nitrogen and oxygen atoms in total. The SMILES string of the molecule is Cc1cc(Cl)ccc1OC(C)C(=O)NCCc1ccccc1.